The zero-order valence-electron chi connectivity index (χ0n) is 10.3. The quantitative estimate of drug-likeness (QED) is 0.892. The molecule has 1 aliphatic heterocycles. The smallest absolute Gasteiger partial charge is 0.320 e. The Morgan fingerprint density at radius 2 is 2.39 bits per heavy atom. The number of hydrogen-bond donors (Lipinski definition) is 1. The van der Waals surface area contributed by atoms with Gasteiger partial charge in [0.1, 0.15) is 11.9 Å². The first-order chi connectivity index (χ1) is 8.56. The molecule has 0 spiro atoms. The van der Waals surface area contributed by atoms with Crippen molar-refractivity contribution >= 4 is 5.97 Å². The molecule has 1 fully saturated rings. The normalized spacial score (nSPS) is 25.0. The summed E-state index contributed by atoms with van der Waals surface area (Å²) >= 11 is 0. The van der Waals surface area contributed by atoms with Crippen molar-refractivity contribution in [1.82, 2.24) is 9.88 Å². The minimum absolute atomic E-state index is 0.384. The van der Waals surface area contributed by atoms with Gasteiger partial charge in [0.15, 0.2) is 0 Å². The third-order valence-corrected chi connectivity index (χ3v) is 3.41. The van der Waals surface area contributed by atoms with Crippen molar-refractivity contribution in [3.05, 3.63) is 29.8 Å². The molecular weight excluding hydrogens is 235 g/mol. The van der Waals surface area contributed by atoms with E-state index in [0.717, 1.165) is 24.7 Å². The first-order valence-corrected chi connectivity index (χ1v) is 6.12. The molecule has 2 heterocycles. The van der Waals surface area contributed by atoms with Gasteiger partial charge in [-0.3, -0.25) is 14.7 Å². The molecule has 1 aromatic heterocycles. The highest BCUT2D eigenvalue weighted by atomic mass is 19.1. The summed E-state index contributed by atoms with van der Waals surface area (Å²) in [6.45, 7) is 3.24. The van der Waals surface area contributed by atoms with Gasteiger partial charge in [-0.2, -0.15) is 0 Å². The number of pyridine rings is 1. The van der Waals surface area contributed by atoms with Crippen LogP contribution in [0.25, 0.3) is 0 Å². The average Bonchev–Trinajstić information content (AvgIpc) is 2.31. The van der Waals surface area contributed by atoms with Crippen molar-refractivity contribution in [3.8, 4) is 0 Å². The van der Waals surface area contributed by atoms with Crippen molar-refractivity contribution in [3.63, 3.8) is 0 Å². The van der Waals surface area contributed by atoms with E-state index in [1.54, 1.807) is 6.20 Å². The maximum atomic E-state index is 13.0. The number of carboxylic acid groups (broad SMARTS) is 1. The van der Waals surface area contributed by atoms with Crippen LogP contribution in [0.2, 0.25) is 0 Å². The van der Waals surface area contributed by atoms with Gasteiger partial charge >= 0.3 is 5.97 Å². The zero-order chi connectivity index (χ0) is 13.1. The lowest BCUT2D eigenvalue weighted by Gasteiger charge is -2.35. The summed E-state index contributed by atoms with van der Waals surface area (Å²) in [4.78, 5) is 16.9. The fraction of sp³-hybridized carbons (Fsp3) is 0.538. The van der Waals surface area contributed by atoms with E-state index in [4.69, 9.17) is 0 Å². The molecule has 1 aromatic rings. The van der Waals surface area contributed by atoms with Gasteiger partial charge in [0, 0.05) is 12.7 Å². The van der Waals surface area contributed by atoms with E-state index in [-0.39, 0.29) is 5.82 Å². The first kappa shape index (κ1) is 13.0. The van der Waals surface area contributed by atoms with E-state index in [1.165, 1.54) is 6.07 Å². The number of likely N-dealkylation sites (tertiary alicyclic amines) is 1. The van der Waals surface area contributed by atoms with Gasteiger partial charge in [0.25, 0.3) is 0 Å². The molecule has 4 nitrogen and oxygen atoms in total. The molecule has 2 rings (SSSR count). The Hall–Kier alpha value is -1.49. The predicted octanol–water partition coefficient (Wildman–Crippen LogP) is 1.91. The Balaban J connectivity index is 2.09. The largest absolute Gasteiger partial charge is 0.480 e. The Kier molecular flexibility index (Phi) is 3.91. The zero-order valence-corrected chi connectivity index (χ0v) is 10.3. The second-order valence-electron chi connectivity index (χ2n) is 4.97. The van der Waals surface area contributed by atoms with Crippen molar-refractivity contribution in [2.24, 2.45) is 5.92 Å². The van der Waals surface area contributed by atoms with E-state index in [0.29, 0.717) is 18.9 Å². The molecule has 2 unspecified atom stereocenters. The number of halogens is 1. The van der Waals surface area contributed by atoms with E-state index in [2.05, 4.69) is 11.9 Å². The summed E-state index contributed by atoms with van der Waals surface area (Å²) in [6.07, 6.45) is 4.36. The first-order valence-electron chi connectivity index (χ1n) is 6.12. The summed E-state index contributed by atoms with van der Waals surface area (Å²) < 4.78 is 13.0. The number of carbonyl (C=O) groups is 1. The summed E-state index contributed by atoms with van der Waals surface area (Å²) in [5.41, 5.74) is 0.718. The van der Waals surface area contributed by atoms with Crippen LogP contribution in [-0.4, -0.2) is 33.5 Å². The van der Waals surface area contributed by atoms with Gasteiger partial charge in [0.2, 0.25) is 0 Å². The highest BCUT2D eigenvalue weighted by molar-refractivity contribution is 5.73. The van der Waals surface area contributed by atoms with Crippen molar-refractivity contribution in [1.29, 1.82) is 0 Å². The van der Waals surface area contributed by atoms with Crippen LogP contribution in [0.3, 0.4) is 0 Å². The maximum absolute atomic E-state index is 13.0. The second kappa shape index (κ2) is 5.44. The minimum Gasteiger partial charge on any atom is -0.480 e. The third kappa shape index (κ3) is 3.04. The van der Waals surface area contributed by atoms with E-state index >= 15 is 0 Å². The molecule has 0 radical (unpaired) electrons. The van der Waals surface area contributed by atoms with Crippen LogP contribution in [0.15, 0.2) is 18.5 Å². The molecule has 98 valence electrons. The molecule has 0 amide bonds. The van der Waals surface area contributed by atoms with E-state index in [1.807, 2.05) is 4.90 Å². The standard InChI is InChI=1S/C13H17FN2O2/c1-9-2-3-16(12(4-9)13(17)18)8-10-5-11(14)7-15-6-10/h5-7,9,12H,2-4,8H2,1H3,(H,17,18). The average molecular weight is 252 g/mol. The maximum Gasteiger partial charge on any atom is 0.320 e. The Morgan fingerprint density at radius 3 is 3.06 bits per heavy atom. The predicted molar refractivity (Wildman–Crippen MR) is 64.4 cm³/mol. The highest BCUT2D eigenvalue weighted by Crippen LogP contribution is 2.24. The molecular formula is C13H17FN2O2. The fourth-order valence-electron chi connectivity index (χ4n) is 2.41. The van der Waals surface area contributed by atoms with Crippen LogP contribution in [0.4, 0.5) is 4.39 Å². The van der Waals surface area contributed by atoms with Crippen molar-refractivity contribution in [2.45, 2.75) is 32.4 Å². The molecule has 0 aromatic carbocycles. The van der Waals surface area contributed by atoms with Gasteiger partial charge in [-0.05, 0) is 36.9 Å². The number of rotatable bonds is 3. The summed E-state index contributed by atoms with van der Waals surface area (Å²) in [5.74, 6) is -0.761. The van der Waals surface area contributed by atoms with Crippen LogP contribution in [0.5, 0.6) is 0 Å². The van der Waals surface area contributed by atoms with Crippen LogP contribution in [-0.2, 0) is 11.3 Å². The minimum atomic E-state index is -0.800. The molecule has 2 atom stereocenters. The molecule has 0 aliphatic carbocycles. The van der Waals surface area contributed by atoms with Crippen LogP contribution in [0.1, 0.15) is 25.3 Å². The van der Waals surface area contributed by atoms with Crippen LogP contribution in [0, 0.1) is 11.7 Å². The molecule has 0 bridgehead atoms. The molecule has 1 aliphatic rings. The van der Waals surface area contributed by atoms with Crippen LogP contribution < -0.4 is 0 Å². The number of aliphatic carboxylic acids is 1. The Bertz CT molecular complexity index is 439. The van der Waals surface area contributed by atoms with Gasteiger partial charge in [-0.25, -0.2) is 4.39 Å². The molecule has 5 heteroatoms. The SMILES string of the molecule is CC1CCN(Cc2cncc(F)c2)C(C(=O)O)C1. The van der Waals surface area contributed by atoms with Gasteiger partial charge < -0.3 is 5.11 Å². The lowest BCUT2D eigenvalue weighted by molar-refractivity contribution is -0.145. The highest BCUT2D eigenvalue weighted by Gasteiger charge is 2.31. The number of nitrogens with zero attached hydrogens (tertiary/aromatic N) is 2. The topological polar surface area (TPSA) is 53.4 Å². The Labute approximate surface area is 105 Å². The second-order valence-corrected chi connectivity index (χ2v) is 4.97. The lowest BCUT2D eigenvalue weighted by atomic mass is 9.92. The molecule has 0 saturated carbocycles. The summed E-state index contributed by atoms with van der Waals surface area (Å²) in [6, 6.07) is 0.932. The molecule has 1 N–H and O–H groups in total. The molecule has 18 heavy (non-hydrogen) atoms. The third-order valence-electron chi connectivity index (χ3n) is 3.41. The van der Waals surface area contributed by atoms with E-state index < -0.39 is 12.0 Å². The summed E-state index contributed by atoms with van der Waals surface area (Å²) in [7, 11) is 0. The summed E-state index contributed by atoms with van der Waals surface area (Å²) in [5, 5.41) is 9.23. The number of hydrogen-bond acceptors (Lipinski definition) is 3. The van der Waals surface area contributed by atoms with Crippen molar-refractivity contribution in [2.75, 3.05) is 6.54 Å². The van der Waals surface area contributed by atoms with Crippen LogP contribution >= 0.6 is 0 Å². The van der Waals surface area contributed by atoms with Crippen molar-refractivity contribution < 1.29 is 14.3 Å². The van der Waals surface area contributed by atoms with E-state index in [9.17, 15) is 14.3 Å². The van der Waals surface area contributed by atoms with Gasteiger partial charge in [0.05, 0.1) is 6.20 Å². The number of piperidine rings is 1. The number of aromatic nitrogens is 1. The monoisotopic (exact) mass is 252 g/mol. The number of carboxylic acids is 1. The lowest BCUT2D eigenvalue weighted by Crippen LogP contribution is -2.46. The van der Waals surface area contributed by atoms with Gasteiger partial charge in [-0.15, -0.1) is 0 Å². The fourth-order valence-corrected chi connectivity index (χ4v) is 2.41. The van der Waals surface area contributed by atoms with Gasteiger partial charge in [-0.1, -0.05) is 6.92 Å². The Morgan fingerprint density at radius 1 is 1.61 bits per heavy atom. The molecule has 1 saturated heterocycles.